The summed E-state index contributed by atoms with van der Waals surface area (Å²) in [6.45, 7) is 1.26. The number of carbonyl (C=O) groups excluding carboxylic acids is 1. The molecule has 0 radical (unpaired) electrons. The number of aliphatic hydroxyl groups is 1. The zero-order valence-corrected chi connectivity index (χ0v) is 9.97. The van der Waals surface area contributed by atoms with Crippen LogP contribution in [-0.2, 0) is 0 Å². The van der Waals surface area contributed by atoms with Crippen molar-refractivity contribution in [2.24, 2.45) is 5.92 Å². The summed E-state index contributed by atoms with van der Waals surface area (Å²) in [4.78, 5) is 17.3. The Morgan fingerprint density at radius 1 is 1.67 bits per heavy atom. The van der Waals surface area contributed by atoms with Gasteiger partial charge in [-0.05, 0) is 24.8 Å². The second kappa shape index (κ2) is 5.30. The minimum absolute atomic E-state index is 0.0350. The van der Waals surface area contributed by atoms with Crippen LogP contribution in [-0.4, -0.2) is 40.6 Å². The standard InChI is InChI=1S/C12H16FN3O2/c13-10-9(1-4-15-11(10)14)12(18)16-5-2-8(7-16)3-6-17/h1,4,8,17H,2-3,5-7H2,(H2,14,15). The maximum atomic E-state index is 13.7. The number of carbonyl (C=O) groups is 1. The minimum atomic E-state index is -0.756. The van der Waals surface area contributed by atoms with Crippen LogP contribution in [0.3, 0.4) is 0 Å². The SMILES string of the molecule is Nc1nccc(C(=O)N2CCC(CCO)C2)c1F. The van der Waals surface area contributed by atoms with Crippen molar-refractivity contribution < 1.29 is 14.3 Å². The van der Waals surface area contributed by atoms with Gasteiger partial charge in [0.15, 0.2) is 11.6 Å². The van der Waals surface area contributed by atoms with E-state index >= 15 is 0 Å². The average molecular weight is 253 g/mol. The lowest BCUT2D eigenvalue weighted by Gasteiger charge is -2.17. The van der Waals surface area contributed by atoms with E-state index in [0.717, 1.165) is 6.42 Å². The molecule has 1 fully saturated rings. The van der Waals surface area contributed by atoms with Gasteiger partial charge in [0.05, 0.1) is 5.56 Å². The number of amides is 1. The number of halogens is 1. The Morgan fingerprint density at radius 3 is 3.17 bits per heavy atom. The van der Waals surface area contributed by atoms with Gasteiger partial charge in [-0.1, -0.05) is 0 Å². The molecule has 2 rings (SSSR count). The second-order valence-corrected chi connectivity index (χ2v) is 4.48. The second-order valence-electron chi connectivity index (χ2n) is 4.48. The number of aromatic nitrogens is 1. The van der Waals surface area contributed by atoms with Crippen LogP contribution in [0.1, 0.15) is 23.2 Å². The van der Waals surface area contributed by atoms with E-state index in [1.807, 2.05) is 0 Å². The fraction of sp³-hybridized carbons (Fsp3) is 0.500. The van der Waals surface area contributed by atoms with Gasteiger partial charge in [0.1, 0.15) is 0 Å². The average Bonchev–Trinajstić information content (AvgIpc) is 2.81. The molecule has 0 aliphatic carbocycles. The first-order valence-electron chi connectivity index (χ1n) is 5.93. The molecule has 98 valence electrons. The van der Waals surface area contributed by atoms with E-state index in [2.05, 4.69) is 4.98 Å². The van der Waals surface area contributed by atoms with Crippen molar-refractivity contribution in [2.75, 3.05) is 25.4 Å². The minimum Gasteiger partial charge on any atom is -0.396 e. The van der Waals surface area contributed by atoms with Crippen LogP contribution in [0.15, 0.2) is 12.3 Å². The van der Waals surface area contributed by atoms with Crippen LogP contribution in [0, 0.1) is 11.7 Å². The Hall–Kier alpha value is -1.69. The monoisotopic (exact) mass is 253 g/mol. The highest BCUT2D eigenvalue weighted by Crippen LogP contribution is 2.22. The summed E-state index contributed by atoms with van der Waals surface area (Å²) < 4.78 is 13.7. The van der Waals surface area contributed by atoms with E-state index in [-0.39, 0.29) is 23.9 Å². The maximum absolute atomic E-state index is 13.7. The maximum Gasteiger partial charge on any atom is 0.257 e. The zero-order valence-electron chi connectivity index (χ0n) is 9.97. The summed E-state index contributed by atoms with van der Waals surface area (Å²) in [5.74, 6) is -1.08. The lowest BCUT2D eigenvalue weighted by Crippen LogP contribution is -2.29. The van der Waals surface area contributed by atoms with Crippen LogP contribution in [0.2, 0.25) is 0 Å². The van der Waals surface area contributed by atoms with Gasteiger partial charge in [-0.2, -0.15) is 0 Å². The Morgan fingerprint density at radius 2 is 2.44 bits per heavy atom. The molecule has 18 heavy (non-hydrogen) atoms. The third-order valence-electron chi connectivity index (χ3n) is 3.26. The van der Waals surface area contributed by atoms with Crippen molar-refractivity contribution in [1.29, 1.82) is 0 Å². The third kappa shape index (κ3) is 2.43. The predicted octanol–water partition coefficient (Wildman–Crippen LogP) is 0.647. The van der Waals surface area contributed by atoms with Gasteiger partial charge in [0.2, 0.25) is 0 Å². The van der Waals surface area contributed by atoms with Crippen molar-refractivity contribution in [1.82, 2.24) is 9.88 Å². The Balaban J connectivity index is 2.11. The Kier molecular flexibility index (Phi) is 3.76. The molecular formula is C12H16FN3O2. The summed E-state index contributed by atoms with van der Waals surface area (Å²) in [6, 6.07) is 1.34. The molecule has 2 heterocycles. The molecule has 1 aliphatic rings. The Bertz CT molecular complexity index is 453. The van der Waals surface area contributed by atoms with E-state index in [9.17, 15) is 9.18 Å². The smallest absolute Gasteiger partial charge is 0.257 e. The number of hydrogen-bond acceptors (Lipinski definition) is 4. The van der Waals surface area contributed by atoms with Gasteiger partial charge in [-0.25, -0.2) is 9.37 Å². The number of nitrogens with two attached hydrogens (primary N) is 1. The zero-order chi connectivity index (χ0) is 13.1. The molecule has 1 aromatic heterocycles. The van der Waals surface area contributed by atoms with E-state index in [1.54, 1.807) is 4.90 Å². The van der Waals surface area contributed by atoms with Crippen molar-refractivity contribution in [3.8, 4) is 0 Å². The summed E-state index contributed by atoms with van der Waals surface area (Å²) in [5.41, 5.74) is 5.31. The van der Waals surface area contributed by atoms with Gasteiger partial charge in [0, 0.05) is 25.9 Å². The normalized spacial score (nSPS) is 19.2. The summed E-state index contributed by atoms with van der Waals surface area (Å²) >= 11 is 0. The van der Waals surface area contributed by atoms with Crippen LogP contribution >= 0.6 is 0 Å². The highest BCUT2D eigenvalue weighted by Gasteiger charge is 2.28. The summed E-state index contributed by atoms with van der Waals surface area (Å²) in [7, 11) is 0. The van der Waals surface area contributed by atoms with E-state index in [4.69, 9.17) is 10.8 Å². The fourth-order valence-electron chi connectivity index (χ4n) is 2.23. The molecule has 3 N–H and O–H groups in total. The Labute approximate surface area is 104 Å². The topological polar surface area (TPSA) is 79.5 Å². The highest BCUT2D eigenvalue weighted by atomic mass is 19.1. The molecule has 1 aromatic rings. The number of nitrogens with zero attached hydrogens (tertiary/aromatic N) is 2. The first-order chi connectivity index (χ1) is 8.63. The third-order valence-corrected chi connectivity index (χ3v) is 3.26. The first-order valence-corrected chi connectivity index (χ1v) is 5.93. The number of nitrogen functional groups attached to an aromatic ring is 1. The largest absolute Gasteiger partial charge is 0.396 e. The molecule has 1 saturated heterocycles. The molecule has 1 atom stereocenters. The number of rotatable bonds is 3. The molecule has 1 amide bonds. The lowest BCUT2D eigenvalue weighted by molar-refractivity contribution is 0.0780. The van der Waals surface area contributed by atoms with Crippen LogP contribution < -0.4 is 5.73 Å². The molecular weight excluding hydrogens is 237 g/mol. The van der Waals surface area contributed by atoms with Gasteiger partial charge in [-0.3, -0.25) is 4.79 Å². The molecule has 5 nitrogen and oxygen atoms in total. The summed E-state index contributed by atoms with van der Waals surface area (Å²) in [6.07, 6.45) is 2.84. The van der Waals surface area contributed by atoms with Crippen molar-refractivity contribution >= 4 is 11.7 Å². The van der Waals surface area contributed by atoms with Crippen molar-refractivity contribution in [2.45, 2.75) is 12.8 Å². The quantitative estimate of drug-likeness (QED) is 0.828. The fourth-order valence-corrected chi connectivity index (χ4v) is 2.23. The number of likely N-dealkylation sites (tertiary alicyclic amines) is 1. The van der Waals surface area contributed by atoms with Gasteiger partial charge in [-0.15, -0.1) is 0 Å². The van der Waals surface area contributed by atoms with Crippen LogP contribution in [0.4, 0.5) is 10.2 Å². The molecule has 0 bridgehead atoms. The number of pyridine rings is 1. The highest BCUT2D eigenvalue weighted by molar-refractivity contribution is 5.95. The first kappa shape index (κ1) is 12.8. The number of hydrogen-bond donors (Lipinski definition) is 2. The molecule has 0 aromatic carbocycles. The van der Waals surface area contributed by atoms with Gasteiger partial charge >= 0.3 is 0 Å². The predicted molar refractivity (Wildman–Crippen MR) is 64.3 cm³/mol. The molecule has 0 spiro atoms. The van der Waals surface area contributed by atoms with Gasteiger partial charge < -0.3 is 15.7 Å². The number of anilines is 1. The van der Waals surface area contributed by atoms with Crippen molar-refractivity contribution in [3.05, 3.63) is 23.6 Å². The van der Waals surface area contributed by atoms with Crippen molar-refractivity contribution in [3.63, 3.8) is 0 Å². The molecule has 6 heteroatoms. The van der Waals surface area contributed by atoms with Crippen LogP contribution in [0.5, 0.6) is 0 Å². The molecule has 1 unspecified atom stereocenters. The van der Waals surface area contributed by atoms with Crippen LogP contribution in [0.25, 0.3) is 0 Å². The molecule has 0 saturated carbocycles. The van der Waals surface area contributed by atoms with E-state index in [1.165, 1.54) is 12.3 Å². The van der Waals surface area contributed by atoms with E-state index in [0.29, 0.717) is 25.4 Å². The van der Waals surface area contributed by atoms with Gasteiger partial charge in [0.25, 0.3) is 5.91 Å². The molecule has 1 aliphatic heterocycles. The van der Waals surface area contributed by atoms with E-state index < -0.39 is 5.82 Å². The lowest BCUT2D eigenvalue weighted by atomic mass is 10.1. The summed E-state index contributed by atoms with van der Waals surface area (Å²) in [5, 5.41) is 8.86. The number of aliphatic hydroxyl groups excluding tert-OH is 1.